The molecule has 3 heterocycles. The summed E-state index contributed by atoms with van der Waals surface area (Å²) in [4.78, 5) is 27.9. The highest BCUT2D eigenvalue weighted by molar-refractivity contribution is 6.03. The molecule has 0 aliphatic rings. The third-order valence-electron chi connectivity index (χ3n) is 5.54. The van der Waals surface area contributed by atoms with Gasteiger partial charge in [0, 0.05) is 37.4 Å². The minimum atomic E-state index is -0.265. The van der Waals surface area contributed by atoms with Gasteiger partial charge in [0.25, 0.3) is 5.91 Å². The summed E-state index contributed by atoms with van der Waals surface area (Å²) in [5.74, 6) is 0.975. The summed E-state index contributed by atoms with van der Waals surface area (Å²) < 4.78 is 1.73. The molecular weight excluding hydrogens is 442 g/mol. The van der Waals surface area contributed by atoms with Crippen molar-refractivity contribution in [1.29, 1.82) is 0 Å². The molecule has 0 saturated carbocycles. The van der Waals surface area contributed by atoms with Crippen LogP contribution in [0, 0.1) is 6.92 Å². The Morgan fingerprint density at radius 1 is 1.11 bits per heavy atom. The predicted molar refractivity (Wildman–Crippen MR) is 139 cm³/mol. The molecule has 0 unspecified atom stereocenters. The van der Waals surface area contributed by atoms with Crippen molar-refractivity contribution in [3.05, 3.63) is 60.0 Å². The molecule has 1 aromatic carbocycles. The van der Waals surface area contributed by atoms with Crippen molar-refractivity contribution in [3.63, 3.8) is 0 Å². The Kier molecular flexibility index (Phi) is 7.51. The number of hydrogen-bond acceptors (Lipinski definition) is 8. The van der Waals surface area contributed by atoms with E-state index < -0.39 is 0 Å². The molecule has 3 N–H and O–H groups in total. The number of aromatic nitrogens is 5. The summed E-state index contributed by atoms with van der Waals surface area (Å²) in [6, 6.07) is 10.9. The molecule has 0 aliphatic carbocycles. The maximum absolute atomic E-state index is 12.5. The summed E-state index contributed by atoms with van der Waals surface area (Å²) >= 11 is 0. The van der Waals surface area contributed by atoms with E-state index in [0.717, 1.165) is 48.2 Å². The monoisotopic (exact) mass is 473 g/mol. The Morgan fingerprint density at radius 2 is 1.97 bits per heavy atom. The van der Waals surface area contributed by atoms with E-state index in [4.69, 9.17) is 0 Å². The first-order valence-electron chi connectivity index (χ1n) is 11.6. The van der Waals surface area contributed by atoms with E-state index in [0.29, 0.717) is 23.1 Å². The zero-order valence-corrected chi connectivity index (χ0v) is 20.5. The molecule has 0 fully saturated rings. The number of nitrogens with one attached hydrogen (secondary N) is 3. The Balaban J connectivity index is 1.47. The maximum atomic E-state index is 12.5. The first-order valence-corrected chi connectivity index (χ1v) is 11.6. The molecule has 0 saturated heterocycles. The number of amides is 1. The molecule has 0 spiro atoms. The van der Waals surface area contributed by atoms with E-state index in [1.54, 1.807) is 35.3 Å². The van der Waals surface area contributed by atoms with Crippen molar-refractivity contribution >= 4 is 40.1 Å². The second kappa shape index (κ2) is 10.9. The lowest BCUT2D eigenvalue weighted by atomic mass is 10.1. The van der Waals surface area contributed by atoms with Gasteiger partial charge in [0.05, 0.1) is 5.39 Å². The van der Waals surface area contributed by atoms with Gasteiger partial charge in [-0.3, -0.25) is 9.78 Å². The summed E-state index contributed by atoms with van der Waals surface area (Å²) in [6.45, 7) is 3.87. The molecule has 10 nitrogen and oxygen atoms in total. The number of nitrogens with zero attached hydrogens (tertiary/aromatic N) is 6. The van der Waals surface area contributed by atoms with Gasteiger partial charge in [0.1, 0.15) is 5.69 Å². The number of rotatable bonds is 10. The van der Waals surface area contributed by atoms with Crippen molar-refractivity contribution in [1.82, 2.24) is 29.6 Å². The van der Waals surface area contributed by atoms with E-state index in [1.807, 2.05) is 32.2 Å². The van der Waals surface area contributed by atoms with Crippen LogP contribution in [0.1, 0.15) is 28.9 Å². The van der Waals surface area contributed by atoms with Gasteiger partial charge < -0.3 is 20.9 Å². The van der Waals surface area contributed by atoms with Crippen LogP contribution < -0.4 is 16.0 Å². The van der Waals surface area contributed by atoms with Crippen LogP contribution in [0.4, 0.5) is 23.1 Å². The molecule has 10 heteroatoms. The number of aryl methyl sites for hydroxylation is 2. The fourth-order valence-electron chi connectivity index (χ4n) is 3.62. The number of benzene rings is 1. The largest absolute Gasteiger partial charge is 0.354 e. The molecule has 0 atom stereocenters. The molecule has 4 rings (SSSR count). The van der Waals surface area contributed by atoms with E-state index in [9.17, 15) is 4.79 Å². The molecule has 0 bridgehead atoms. The average molecular weight is 474 g/mol. The van der Waals surface area contributed by atoms with Crippen molar-refractivity contribution in [2.24, 2.45) is 7.05 Å². The Labute approximate surface area is 204 Å². The van der Waals surface area contributed by atoms with E-state index >= 15 is 0 Å². The number of unbranched alkanes of at least 4 members (excludes halogenated alkanes) is 1. The van der Waals surface area contributed by atoms with Gasteiger partial charge in [0.2, 0.25) is 5.95 Å². The molecule has 3 aromatic heterocycles. The molecule has 35 heavy (non-hydrogen) atoms. The molecule has 182 valence electrons. The normalized spacial score (nSPS) is 11.1. The lowest BCUT2D eigenvalue weighted by Gasteiger charge is -2.11. The van der Waals surface area contributed by atoms with Gasteiger partial charge in [-0.2, -0.15) is 10.1 Å². The quantitative estimate of drug-likeness (QED) is 0.298. The molecule has 0 aliphatic heterocycles. The smallest absolute Gasteiger partial charge is 0.274 e. The van der Waals surface area contributed by atoms with Gasteiger partial charge >= 0.3 is 0 Å². The lowest BCUT2D eigenvalue weighted by Crippen LogP contribution is -2.14. The van der Waals surface area contributed by atoms with E-state index in [1.165, 1.54) is 0 Å². The predicted octanol–water partition coefficient (Wildman–Crippen LogP) is 3.82. The maximum Gasteiger partial charge on any atom is 0.274 e. The third-order valence-corrected chi connectivity index (χ3v) is 5.54. The van der Waals surface area contributed by atoms with Crippen LogP contribution in [-0.4, -0.2) is 62.7 Å². The number of fused-ring (bicyclic) bond motifs is 1. The van der Waals surface area contributed by atoms with Crippen LogP contribution in [0.2, 0.25) is 0 Å². The van der Waals surface area contributed by atoms with Crippen LogP contribution in [0.15, 0.2) is 48.8 Å². The van der Waals surface area contributed by atoms with Crippen LogP contribution in [-0.2, 0) is 7.05 Å². The second-order valence-electron chi connectivity index (χ2n) is 8.66. The van der Waals surface area contributed by atoms with Gasteiger partial charge in [-0.05, 0) is 70.2 Å². The van der Waals surface area contributed by atoms with E-state index in [-0.39, 0.29) is 5.91 Å². The Morgan fingerprint density at radius 3 is 2.74 bits per heavy atom. The summed E-state index contributed by atoms with van der Waals surface area (Å²) in [5, 5.41) is 15.0. The highest BCUT2D eigenvalue weighted by atomic mass is 16.1. The van der Waals surface area contributed by atoms with Gasteiger partial charge in [-0.1, -0.05) is 12.1 Å². The van der Waals surface area contributed by atoms with Crippen molar-refractivity contribution in [2.45, 2.75) is 19.8 Å². The van der Waals surface area contributed by atoms with Gasteiger partial charge in [-0.25, -0.2) is 9.67 Å². The number of carbonyl (C=O) groups excluding carboxylic acids is 1. The summed E-state index contributed by atoms with van der Waals surface area (Å²) in [6.07, 6.45) is 5.53. The first kappa shape index (κ1) is 24.1. The van der Waals surface area contributed by atoms with Crippen molar-refractivity contribution in [3.8, 4) is 0 Å². The Bertz CT molecular complexity index is 1300. The third kappa shape index (κ3) is 6.10. The number of carbonyl (C=O) groups is 1. The molecule has 4 aromatic rings. The number of pyridine rings is 1. The first-order chi connectivity index (χ1) is 16.9. The standard InChI is InChI=1S/C25H31N9O/c1-17-10-11-18(29-24(35)20-9-5-6-12-26-20)15-21(17)30-22-19-16-28-25(31-23(19)34(4)32-22)27-13-7-8-14-33(2)3/h5-6,9-12,15-16H,7-8,13-14H2,1-4H3,(H,29,35)(H,30,32)(H,27,28,31). The van der Waals surface area contributed by atoms with Crippen LogP contribution >= 0.6 is 0 Å². The number of anilines is 4. The molecule has 0 radical (unpaired) electrons. The average Bonchev–Trinajstić information content (AvgIpc) is 3.16. The Hall–Kier alpha value is -4.05. The van der Waals surface area contributed by atoms with E-state index in [2.05, 4.69) is 55.0 Å². The zero-order valence-electron chi connectivity index (χ0n) is 20.5. The summed E-state index contributed by atoms with van der Waals surface area (Å²) in [7, 11) is 6.01. The van der Waals surface area contributed by atoms with Crippen molar-refractivity contribution < 1.29 is 4.79 Å². The summed E-state index contributed by atoms with van der Waals surface area (Å²) in [5.41, 5.74) is 3.59. The highest BCUT2D eigenvalue weighted by Crippen LogP contribution is 2.28. The minimum Gasteiger partial charge on any atom is -0.354 e. The van der Waals surface area contributed by atoms with Crippen LogP contribution in [0.3, 0.4) is 0 Å². The zero-order chi connectivity index (χ0) is 24.8. The van der Waals surface area contributed by atoms with Crippen molar-refractivity contribution in [2.75, 3.05) is 43.1 Å². The van der Waals surface area contributed by atoms with Crippen LogP contribution in [0.5, 0.6) is 0 Å². The minimum absolute atomic E-state index is 0.265. The molecular formula is C25H31N9O. The van der Waals surface area contributed by atoms with Gasteiger partial charge in [0.15, 0.2) is 11.5 Å². The fraction of sp³-hybridized carbons (Fsp3) is 0.320. The fourth-order valence-corrected chi connectivity index (χ4v) is 3.62. The SMILES string of the molecule is Cc1ccc(NC(=O)c2ccccn2)cc1Nc1nn(C)c2nc(NCCCCN(C)C)ncc12. The second-order valence-corrected chi connectivity index (χ2v) is 8.66. The van der Waals surface area contributed by atoms with Crippen LogP contribution in [0.25, 0.3) is 11.0 Å². The van der Waals surface area contributed by atoms with Gasteiger partial charge in [-0.15, -0.1) is 0 Å². The highest BCUT2D eigenvalue weighted by Gasteiger charge is 2.14. The molecule has 1 amide bonds. The topological polar surface area (TPSA) is 113 Å². The number of hydrogen-bond donors (Lipinski definition) is 3. The lowest BCUT2D eigenvalue weighted by molar-refractivity contribution is 0.102.